The Bertz CT molecular complexity index is 677. The molecule has 0 aliphatic heterocycles. The van der Waals surface area contributed by atoms with Crippen LogP contribution in [0.3, 0.4) is 0 Å². The van der Waals surface area contributed by atoms with Gasteiger partial charge in [0.25, 0.3) is 0 Å². The second-order valence-electron chi connectivity index (χ2n) is 5.12. The second kappa shape index (κ2) is 7.83. The maximum Gasteiger partial charge on any atom is 0.423 e. The number of alkyl halides is 3. The summed E-state index contributed by atoms with van der Waals surface area (Å²) in [5.41, 5.74) is -0.218. The molecule has 2 rings (SSSR count). The fourth-order valence-electron chi connectivity index (χ4n) is 1.92. The molecule has 1 aromatic heterocycles. The van der Waals surface area contributed by atoms with Crippen molar-refractivity contribution < 1.29 is 17.9 Å². The molecular formula is C16H17BrF3N3O. The van der Waals surface area contributed by atoms with E-state index in [-0.39, 0.29) is 12.6 Å². The first-order valence-corrected chi connectivity index (χ1v) is 8.18. The van der Waals surface area contributed by atoms with Gasteiger partial charge in [0.2, 0.25) is 11.8 Å². The van der Waals surface area contributed by atoms with Crippen molar-refractivity contribution >= 4 is 27.6 Å². The highest BCUT2D eigenvalue weighted by atomic mass is 79.9. The Morgan fingerprint density at radius 1 is 1.21 bits per heavy atom. The van der Waals surface area contributed by atoms with Crippen LogP contribution in [-0.2, 0) is 6.18 Å². The minimum atomic E-state index is -4.56. The van der Waals surface area contributed by atoms with Gasteiger partial charge in [-0.05, 0) is 30.7 Å². The number of nitrogens with zero attached hydrogens (tertiary/aromatic N) is 3. The molecule has 0 fully saturated rings. The van der Waals surface area contributed by atoms with Crippen LogP contribution in [0.5, 0.6) is 5.88 Å². The Balaban J connectivity index is 2.33. The van der Waals surface area contributed by atoms with E-state index in [0.29, 0.717) is 6.42 Å². The molecule has 1 heterocycles. The van der Waals surface area contributed by atoms with Gasteiger partial charge < -0.3 is 9.64 Å². The Morgan fingerprint density at radius 3 is 2.46 bits per heavy atom. The molecule has 4 nitrogen and oxygen atoms in total. The Kier molecular flexibility index (Phi) is 6.04. The van der Waals surface area contributed by atoms with Crippen molar-refractivity contribution in [2.75, 3.05) is 18.6 Å². The third-order valence-electron chi connectivity index (χ3n) is 3.30. The highest BCUT2D eigenvalue weighted by Crippen LogP contribution is 2.36. The van der Waals surface area contributed by atoms with Crippen molar-refractivity contribution in [2.24, 2.45) is 0 Å². The fourth-order valence-corrected chi connectivity index (χ4v) is 2.18. The summed E-state index contributed by atoms with van der Waals surface area (Å²) in [5.74, 6) is -0.304. The molecule has 0 N–H and O–H groups in total. The lowest BCUT2D eigenvalue weighted by atomic mass is 10.3. The summed E-state index contributed by atoms with van der Waals surface area (Å²) in [7, 11) is 1.68. The lowest BCUT2D eigenvalue weighted by Crippen LogP contribution is -2.17. The van der Waals surface area contributed by atoms with E-state index in [9.17, 15) is 13.2 Å². The van der Waals surface area contributed by atoms with Crippen molar-refractivity contribution in [1.29, 1.82) is 0 Å². The molecular weight excluding hydrogens is 387 g/mol. The zero-order valence-corrected chi connectivity index (χ0v) is 14.9. The Morgan fingerprint density at radius 2 is 1.88 bits per heavy atom. The topological polar surface area (TPSA) is 38.2 Å². The van der Waals surface area contributed by atoms with Crippen LogP contribution in [0, 0.1) is 0 Å². The molecule has 0 amide bonds. The van der Waals surface area contributed by atoms with E-state index in [4.69, 9.17) is 4.74 Å². The lowest BCUT2D eigenvalue weighted by Gasteiger charge is -2.19. The van der Waals surface area contributed by atoms with Gasteiger partial charge in [-0.2, -0.15) is 18.2 Å². The molecule has 0 aliphatic rings. The van der Waals surface area contributed by atoms with Crippen LogP contribution >= 0.6 is 15.9 Å². The molecule has 0 atom stereocenters. The summed E-state index contributed by atoms with van der Waals surface area (Å²) in [5, 5.41) is 0. The fraction of sp³-hybridized carbons (Fsp3) is 0.375. The summed E-state index contributed by atoms with van der Waals surface area (Å²) in [4.78, 5) is 9.40. The molecule has 8 heteroatoms. The molecule has 0 spiro atoms. The van der Waals surface area contributed by atoms with E-state index in [2.05, 4.69) is 25.9 Å². The first-order valence-electron chi connectivity index (χ1n) is 7.39. The van der Waals surface area contributed by atoms with Gasteiger partial charge in [-0.3, -0.25) is 0 Å². The third kappa shape index (κ3) is 4.59. The largest absolute Gasteiger partial charge is 0.477 e. The van der Waals surface area contributed by atoms with Gasteiger partial charge >= 0.3 is 6.18 Å². The van der Waals surface area contributed by atoms with E-state index in [1.165, 1.54) is 0 Å². The van der Waals surface area contributed by atoms with Gasteiger partial charge in [-0.25, -0.2) is 4.98 Å². The average molecular weight is 404 g/mol. The maximum absolute atomic E-state index is 13.1. The molecule has 0 aliphatic carbocycles. The zero-order valence-electron chi connectivity index (χ0n) is 13.3. The molecule has 130 valence electrons. The number of aromatic nitrogens is 2. The Hall–Kier alpha value is -1.83. The monoisotopic (exact) mass is 403 g/mol. The van der Waals surface area contributed by atoms with Crippen LogP contribution in [-0.4, -0.2) is 23.6 Å². The summed E-state index contributed by atoms with van der Waals surface area (Å²) >= 11 is 3.33. The van der Waals surface area contributed by atoms with E-state index in [0.717, 1.165) is 22.8 Å². The molecule has 0 radical (unpaired) electrons. The number of unbranched alkanes of at least 4 members (excludes halogenated alkanes) is 1. The van der Waals surface area contributed by atoms with Gasteiger partial charge in [0.15, 0.2) is 0 Å². The van der Waals surface area contributed by atoms with E-state index < -0.39 is 17.6 Å². The van der Waals surface area contributed by atoms with Crippen molar-refractivity contribution in [3.8, 4) is 5.88 Å². The van der Waals surface area contributed by atoms with Crippen molar-refractivity contribution in [2.45, 2.75) is 25.9 Å². The van der Waals surface area contributed by atoms with Crippen LogP contribution in [0.15, 0.2) is 34.9 Å². The van der Waals surface area contributed by atoms with Crippen LogP contribution in [0.2, 0.25) is 0 Å². The van der Waals surface area contributed by atoms with Gasteiger partial charge in [-0.1, -0.05) is 29.3 Å². The number of hydrogen-bond acceptors (Lipinski definition) is 4. The number of halogens is 4. The first-order chi connectivity index (χ1) is 11.3. The van der Waals surface area contributed by atoms with Crippen LogP contribution in [0.25, 0.3) is 0 Å². The minimum absolute atomic E-state index is 0.136. The minimum Gasteiger partial charge on any atom is -0.477 e. The van der Waals surface area contributed by atoms with E-state index in [1.54, 1.807) is 11.9 Å². The molecule has 24 heavy (non-hydrogen) atoms. The molecule has 2 aromatic rings. The summed E-state index contributed by atoms with van der Waals surface area (Å²) in [6, 6.07) is 7.27. The normalized spacial score (nSPS) is 11.4. The predicted molar refractivity (Wildman–Crippen MR) is 89.6 cm³/mol. The summed E-state index contributed by atoms with van der Waals surface area (Å²) < 4.78 is 45.4. The van der Waals surface area contributed by atoms with Crippen LogP contribution in [0.1, 0.15) is 25.3 Å². The molecule has 0 saturated carbocycles. The van der Waals surface area contributed by atoms with Gasteiger partial charge in [-0.15, -0.1) is 0 Å². The third-order valence-corrected chi connectivity index (χ3v) is 3.83. The number of benzene rings is 1. The zero-order chi connectivity index (χ0) is 17.7. The molecule has 0 unspecified atom stereocenters. The lowest BCUT2D eigenvalue weighted by molar-refractivity contribution is -0.139. The average Bonchev–Trinajstić information content (AvgIpc) is 2.54. The highest BCUT2D eigenvalue weighted by molar-refractivity contribution is 9.10. The van der Waals surface area contributed by atoms with Crippen LogP contribution < -0.4 is 9.64 Å². The second-order valence-corrected chi connectivity index (χ2v) is 6.04. The highest BCUT2D eigenvalue weighted by Gasteiger charge is 2.36. The summed E-state index contributed by atoms with van der Waals surface area (Å²) in [6.45, 7) is 2.11. The summed E-state index contributed by atoms with van der Waals surface area (Å²) in [6.07, 6.45) is -2.33. The molecule has 0 saturated heterocycles. The van der Waals surface area contributed by atoms with Gasteiger partial charge in [0.1, 0.15) is 5.56 Å². The SMILES string of the molecule is CCCCOc1nc(N(C)c2ccc(Br)cc2)ncc1C(F)(F)F. The molecule has 0 bridgehead atoms. The van der Waals surface area contributed by atoms with E-state index >= 15 is 0 Å². The van der Waals surface area contributed by atoms with Gasteiger partial charge in [0.05, 0.1) is 6.61 Å². The van der Waals surface area contributed by atoms with Gasteiger partial charge in [0, 0.05) is 23.4 Å². The first kappa shape index (κ1) is 18.5. The van der Waals surface area contributed by atoms with E-state index in [1.807, 2.05) is 31.2 Å². The van der Waals surface area contributed by atoms with Crippen molar-refractivity contribution in [3.63, 3.8) is 0 Å². The van der Waals surface area contributed by atoms with Crippen molar-refractivity contribution in [1.82, 2.24) is 9.97 Å². The molecule has 1 aromatic carbocycles. The van der Waals surface area contributed by atoms with Crippen molar-refractivity contribution in [3.05, 3.63) is 40.5 Å². The Labute approximate surface area is 146 Å². The predicted octanol–water partition coefficient (Wildman–Crippen LogP) is 5.20. The maximum atomic E-state index is 13.1. The number of rotatable bonds is 6. The number of anilines is 2. The quantitative estimate of drug-likeness (QED) is 0.620. The smallest absolute Gasteiger partial charge is 0.423 e. The number of ether oxygens (including phenoxy) is 1. The number of hydrogen-bond donors (Lipinski definition) is 0. The van der Waals surface area contributed by atoms with Crippen LogP contribution in [0.4, 0.5) is 24.8 Å². The standard InChI is InChI=1S/C16H17BrF3N3O/c1-3-4-9-24-14-13(16(18,19)20)10-21-15(22-14)23(2)12-7-5-11(17)6-8-12/h5-8,10H,3-4,9H2,1-2H3.